The van der Waals surface area contributed by atoms with Gasteiger partial charge in [0.05, 0.1) is 35.6 Å². The van der Waals surface area contributed by atoms with Crippen LogP contribution in [0.5, 0.6) is 11.5 Å². The van der Waals surface area contributed by atoms with Crippen LogP contribution in [0.2, 0.25) is 0 Å². The van der Waals surface area contributed by atoms with Gasteiger partial charge in [-0.1, -0.05) is 6.92 Å². The maximum Gasteiger partial charge on any atom is 0.228 e. The highest BCUT2D eigenvalue weighted by Crippen LogP contribution is 2.36. The number of benzene rings is 1. The topological polar surface area (TPSA) is 64.6 Å². The zero-order valence-electron chi connectivity index (χ0n) is 10.5. The molecule has 1 N–H and O–H groups in total. The summed E-state index contributed by atoms with van der Waals surface area (Å²) in [6.07, 6.45) is 0. The summed E-state index contributed by atoms with van der Waals surface area (Å²) in [7, 11) is 1.81. The summed E-state index contributed by atoms with van der Waals surface area (Å²) in [6, 6.07) is 3.30. The molecule has 0 spiro atoms. The van der Waals surface area contributed by atoms with Crippen molar-refractivity contribution < 1.29 is 18.5 Å². The van der Waals surface area contributed by atoms with Crippen molar-refractivity contribution in [3.05, 3.63) is 12.1 Å². The number of rotatable bonds is 2. The quantitative estimate of drug-likeness (QED) is 0.881. The number of carbonyl (C=O) groups is 1. The molecule has 0 saturated carbocycles. The molecule has 1 aliphatic rings. The number of nitrogens with one attached hydrogen (secondary N) is 1. The number of amides is 1. The number of ether oxygens (including phenoxy) is 2. The van der Waals surface area contributed by atoms with Gasteiger partial charge in [0, 0.05) is 23.8 Å². The molecule has 0 fully saturated rings. The maximum atomic E-state index is 12.2. The van der Waals surface area contributed by atoms with Crippen molar-refractivity contribution in [1.29, 1.82) is 0 Å². The number of hydrogen-bond acceptors (Lipinski definition) is 4. The Bertz CT molecular complexity index is 515. The van der Waals surface area contributed by atoms with Crippen molar-refractivity contribution in [2.75, 3.05) is 25.3 Å². The molecule has 1 amide bonds. The Labute approximate surface area is 108 Å². The molecule has 2 unspecified atom stereocenters. The highest BCUT2D eigenvalue weighted by molar-refractivity contribution is 7.85. The van der Waals surface area contributed by atoms with Crippen LogP contribution in [0.25, 0.3) is 0 Å². The summed E-state index contributed by atoms with van der Waals surface area (Å²) in [5.74, 6) is 0.912. The highest BCUT2D eigenvalue weighted by atomic mass is 32.2. The second-order valence-corrected chi connectivity index (χ2v) is 5.57. The molecule has 0 radical (unpaired) electrons. The second-order valence-electron chi connectivity index (χ2n) is 4.11. The standard InChI is InChI=1S/C12H15NO4S/c1-7-6-18(15)11-5-10(17-3)9(16-2)4-8(11)13-12(7)14/h4-5,7H,6H2,1-3H3,(H,13,14). The summed E-state index contributed by atoms with van der Waals surface area (Å²) < 4.78 is 22.5. The Balaban J connectivity index is 2.55. The Hall–Kier alpha value is -1.56. The van der Waals surface area contributed by atoms with Gasteiger partial charge in [-0.15, -0.1) is 0 Å². The van der Waals surface area contributed by atoms with E-state index < -0.39 is 10.8 Å². The Morgan fingerprint density at radius 3 is 2.50 bits per heavy atom. The van der Waals surface area contributed by atoms with Gasteiger partial charge in [-0.2, -0.15) is 0 Å². The van der Waals surface area contributed by atoms with E-state index in [4.69, 9.17) is 9.47 Å². The van der Waals surface area contributed by atoms with Gasteiger partial charge < -0.3 is 14.8 Å². The number of methoxy groups -OCH3 is 2. The van der Waals surface area contributed by atoms with Crippen LogP contribution < -0.4 is 14.8 Å². The minimum absolute atomic E-state index is 0.130. The zero-order valence-corrected chi connectivity index (χ0v) is 11.3. The van der Waals surface area contributed by atoms with Gasteiger partial charge in [0.2, 0.25) is 5.91 Å². The minimum atomic E-state index is -1.22. The molecule has 1 heterocycles. The lowest BCUT2D eigenvalue weighted by Crippen LogP contribution is -2.21. The van der Waals surface area contributed by atoms with Crippen LogP contribution in [0.15, 0.2) is 17.0 Å². The molecule has 18 heavy (non-hydrogen) atoms. The predicted octanol–water partition coefficient (Wildman–Crippen LogP) is 1.40. The number of carbonyl (C=O) groups excluding carboxylic acids is 1. The Kier molecular flexibility index (Phi) is 3.56. The van der Waals surface area contributed by atoms with E-state index >= 15 is 0 Å². The molecular weight excluding hydrogens is 254 g/mol. The molecule has 2 rings (SSSR count). The van der Waals surface area contributed by atoms with E-state index in [2.05, 4.69) is 5.32 Å². The van der Waals surface area contributed by atoms with Crippen LogP contribution >= 0.6 is 0 Å². The van der Waals surface area contributed by atoms with Crippen molar-refractivity contribution in [2.24, 2.45) is 5.92 Å². The Morgan fingerprint density at radius 1 is 1.28 bits per heavy atom. The molecule has 0 aliphatic carbocycles. The van der Waals surface area contributed by atoms with Gasteiger partial charge in [-0.25, -0.2) is 0 Å². The molecule has 5 nitrogen and oxygen atoms in total. The van der Waals surface area contributed by atoms with E-state index in [0.29, 0.717) is 27.8 Å². The van der Waals surface area contributed by atoms with Gasteiger partial charge >= 0.3 is 0 Å². The van der Waals surface area contributed by atoms with Crippen molar-refractivity contribution in [1.82, 2.24) is 0 Å². The fourth-order valence-electron chi connectivity index (χ4n) is 1.79. The molecule has 0 aromatic heterocycles. The number of fused-ring (bicyclic) bond motifs is 1. The van der Waals surface area contributed by atoms with Gasteiger partial charge in [0.15, 0.2) is 11.5 Å². The van der Waals surface area contributed by atoms with Crippen LogP contribution in [0.3, 0.4) is 0 Å². The first kappa shape index (κ1) is 12.9. The van der Waals surface area contributed by atoms with E-state index in [0.717, 1.165) is 0 Å². The first-order valence-electron chi connectivity index (χ1n) is 5.52. The molecule has 98 valence electrons. The average Bonchev–Trinajstić information content (AvgIpc) is 2.46. The van der Waals surface area contributed by atoms with Gasteiger partial charge in [-0.05, 0) is 0 Å². The van der Waals surface area contributed by atoms with Crippen molar-refractivity contribution >= 4 is 22.4 Å². The third-order valence-corrected chi connectivity index (χ3v) is 4.47. The van der Waals surface area contributed by atoms with Crippen molar-refractivity contribution in [2.45, 2.75) is 11.8 Å². The van der Waals surface area contributed by atoms with Crippen molar-refractivity contribution in [3.63, 3.8) is 0 Å². The molecule has 0 saturated heterocycles. The van der Waals surface area contributed by atoms with E-state index in [-0.39, 0.29) is 11.8 Å². The summed E-state index contributed by atoms with van der Waals surface area (Å²) in [5, 5.41) is 2.76. The third-order valence-electron chi connectivity index (χ3n) is 2.84. The molecule has 6 heteroatoms. The molecule has 2 atom stereocenters. The zero-order chi connectivity index (χ0) is 13.3. The van der Waals surface area contributed by atoms with Crippen LogP contribution in [0.1, 0.15) is 6.92 Å². The number of hydrogen-bond donors (Lipinski definition) is 1. The van der Waals surface area contributed by atoms with Crippen LogP contribution in [0, 0.1) is 5.92 Å². The third kappa shape index (κ3) is 2.20. The molecule has 1 aliphatic heterocycles. The summed E-state index contributed by atoms with van der Waals surface area (Å²) in [4.78, 5) is 12.3. The van der Waals surface area contributed by atoms with Crippen molar-refractivity contribution in [3.8, 4) is 11.5 Å². The molecule has 1 aromatic rings. The predicted molar refractivity (Wildman–Crippen MR) is 68.6 cm³/mol. The monoisotopic (exact) mass is 269 g/mol. The summed E-state index contributed by atoms with van der Waals surface area (Å²) in [6.45, 7) is 1.76. The lowest BCUT2D eigenvalue weighted by atomic mass is 10.2. The van der Waals surface area contributed by atoms with E-state index in [9.17, 15) is 9.00 Å². The van der Waals surface area contributed by atoms with Gasteiger partial charge in [-0.3, -0.25) is 9.00 Å². The maximum absolute atomic E-state index is 12.2. The lowest BCUT2D eigenvalue weighted by molar-refractivity contribution is -0.118. The molecule has 1 aromatic carbocycles. The first-order valence-corrected chi connectivity index (χ1v) is 6.84. The van der Waals surface area contributed by atoms with E-state index in [1.54, 1.807) is 19.1 Å². The van der Waals surface area contributed by atoms with E-state index in [1.165, 1.54) is 14.2 Å². The van der Waals surface area contributed by atoms with Gasteiger partial charge in [0.25, 0.3) is 0 Å². The highest BCUT2D eigenvalue weighted by Gasteiger charge is 2.26. The van der Waals surface area contributed by atoms with Gasteiger partial charge in [0.1, 0.15) is 0 Å². The van der Waals surface area contributed by atoms with Crippen LogP contribution in [-0.4, -0.2) is 30.1 Å². The second kappa shape index (κ2) is 4.97. The molecule has 0 bridgehead atoms. The molecular formula is C12H15NO4S. The number of anilines is 1. The SMILES string of the molecule is COc1cc2c(cc1OC)S(=O)CC(C)C(=O)N2. The Morgan fingerprint density at radius 2 is 1.89 bits per heavy atom. The fraction of sp³-hybridized carbons (Fsp3) is 0.417. The normalized spacial score (nSPS) is 22.7. The first-order chi connectivity index (χ1) is 8.56. The minimum Gasteiger partial charge on any atom is -0.493 e. The van der Waals surface area contributed by atoms with Crippen LogP contribution in [-0.2, 0) is 15.6 Å². The van der Waals surface area contributed by atoms with E-state index in [1.807, 2.05) is 0 Å². The fourth-order valence-corrected chi connectivity index (χ4v) is 3.17. The largest absolute Gasteiger partial charge is 0.493 e. The summed E-state index contributed by atoms with van der Waals surface area (Å²) >= 11 is 0. The smallest absolute Gasteiger partial charge is 0.228 e. The average molecular weight is 269 g/mol. The van der Waals surface area contributed by atoms with Crippen LogP contribution in [0.4, 0.5) is 5.69 Å². The lowest BCUT2D eigenvalue weighted by Gasteiger charge is -2.12. The summed E-state index contributed by atoms with van der Waals surface area (Å²) in [5.41, 5.74) is 0.528.